The molecular weight excluding hydrogens is 453 g/mol. The van der Waals surface area contributed by atoms with Crippen molar-refractivity contribution in [2.24, 2.45) is 0 Å². The highest BCUT2D eigenvalue weighted by molar-refractivity contribution is 7.92. The van der Waals surface area contributed by atoms with Crippen LogP contribution in [0.2, 0.25) is 5.02 Å². The molecule has 2 rings (SSSR count). The molecule has 0 saturated heterocycles. The molecule has 0 atom stereocenters. The molecule has 160 valence electrons. The normalized spacial score (nSPS) is 12.9. The molecule has 0 aliphatic rings. The molecule has 0 saturated carbocycles. The minimum atomic E-state index is -4.75. The average Bonchev–Trinajstić information content (AvgIpc) is 2.63. The molecule has 0 spiro atoms. The molecule has 0 fully saturated rings. The van der Waals surface area contributed by atoms with E-state index in [1.807, 2.05) is 4.72 Å². The Morgan fingerprint density at radius 2 is 1.45 bits per heavy atom. The van der Waals surface area contributed by atoms with Gasteiger partial charge in [-0.15, -0.1) is 0 Å². The molecule has 1 N–H and O–H groups in total. The summed E-state index contributed by atoms with van der Waals surface area (Å²) in [5.41, 5.74) is -1.51. The fourth-order valence-corrected chi connectivity index (χ4v) is 5.26. The van der Waals surface area contributed by atoms with Gasteiger partial charge in [-0.2, -0.15) is 17.5 Å². The van der Waals surface area contributed by atoms with Gasteiger partial charge < -0.3 is 0 Å². The Morgan fingerprint density at radius 1 is 0.931 bits per heavy atom. The van der Waals surface area contributed by atoms with Crippen LogP contribution in [0.1, 0.15) is 19.4 Å². The quantitative estimate of drug-likeness (QED) is 0.657. The summed E-state index contributed by atoms with van der Waals surface area (Å²) in [4.78, 5) is -0.398. The van der Waals surface area contributed by atoms with Crippen molar-refractivity contribution in [2.45, 2.75) is 29.8 Å². The monoisotopic (exact) mass is 470 g/mol. The number of hydrogen-bond acceptors (Lipinski definition) is 4. The summed E-state index contributed by atoms with van der Waals surface area (Å²) in [5.74, 6) is 0. The van der Waals surface area contributed by atoms with Crippen LogP contribution in [0.3, 0.4) is 0 Å². The average molecular weight is 471 g/mol. The highest BCUT2D eigenvalue weighted by atomic mass is 35.5. The first kappa shape index (κ1) is 23.5. The molecule has 2 aromatic carbocycles. The minimum absolute atomic E-state index is 0.0917. The summed E-state index contributed by atoms with van der Waals surface area (Å²) < 4.78 is 91.9. The lowest BCUT2D eigenvalue weighted by molar-refractivity contribution is -0.137. The van der Waals surface area contributed by atoms with Crippen LogP contribution < -0.4 is 4.72 Å². The summed E-state index contributed by atoms with van der Waals surface area (Å²) in [6.45, 7) is 3.84. The maximum Gasteiger partial charge on any atom is 0.417 e. The predicted molar refractivity (Wildman–Crippen MR) is 104 cm³/mol. The maximum absolute atomic E-state index is 12.9. The van der Waals surface area contributed by atoms with E-state index in [9.17, 15) is 30.0 Å². The third-order valence-electron chi connectivity index (χ3n) is 4.00. The van der Waals surface area contributed by atoms with E-state index in [1.54, 1.807) is 13.8 Å². The largest absolute Gasteiger partial charge is 0.417 e. The lowest BCUT2D eigenvalue weighted by Gasteiger charge is -2.18. The van der Waals surface area contributed by atoms with E-state index < -0.39 is 36.8 Å². The van der Waals surface area contributed by atoms with E-state index in [0.717, 1.165) is 36.4 Å². The standard InChI is InChI=1S/C17H18ClF3N2O4S2/c1-3-23(4-2)29(26,27)14-8-6-13(7-9-14)28(24,25)22-12-5-10-16(18)15(11-12)17(19,20)21/h5-11,22H,3-4H2,1-2H3. The molecule has 0 heterocycles. The van der Waals surface area contributed by atoms with Crippen LogP contribution >= 0.6 is 11.6 Å². The number of benzene rings is 2. The topological polar surface area (TPSA) is 83.6 Å². The molecule has 0 amide bonds. The lowest BCUT2D eigenvalue weighted by Crippen LogP contribution is -2.30. The van der Waals surface area contributed by atoms with Gasteiger partial charge in [-0.25, -0.2) is 16.8 Å². The zero-order chi connectivity index (χ0) is 22.0. The first-order chi connectivity index (χ1) is 13.3. The van der Waals surface area contributed by atoms with Gasteiger partial charge in [-0.3, -0.25) is 4.72 Å². The SMILES string of the molecule is CCN(CC)S(=O)(=O)c1ccc(S(=O)(=O)Nc2ccc(Cl)c(C(F)(F)F)c2)cc1. The number of sulfonamides is 2. The van der Waals surface area contributed by atoms with E-state index >= 15 is 0 Å². The summed E-state index contributed by atoms with van der Waals surface area (Å²) in [5, 5.41) is -0.564. The fraction of sp³-hybridized carbons (Fsp3) is 0.294. The van der Waals surface area contributed by atoms with Crippen LogP contribution in [-0.2, 0) is 26.2 Å². The van der Waals surface area contributed by atoms with E-state index in [1.165, 1.54) is 4.31 Å². The second-order valence-electron chi connectivity index (χ2n) is 5.86. The van der Waals surface area contributed by atoms with Crippen LogP contribution in [0.25, 0.3) is 0 Å². The third kappa shape index (κ3) is 5.21. The Kier molecular flexibility index (Phi) is 6.88. The van der Waals surface area contributed by atoms with Crippen molar-refractivity contribution in [1.82, 2.24) is 4.31 Å². The van der Waals surface area contributed by atoms with Crippen molar-refractivity contribution in [3.8, 4) is 0 Å². The third-order valence-corrected chi connectivity index (χ3v) is 7.79. The van der Waals surface area contributed by atoms with Gasteiger partial charge in [-0.1, -0.05) is 25.4 Å². The second-order valence-corrected chi connectivity index (χ2v) is 9.89. The van der Waals surface area contributed by atoms with Gasteiger partial charge in [0, 0.05) is 18.8 Å². The van der Waals surface area contributed by atoms with E-state index in [-0.39, 0.29) is 28.6 Å². The fourth-order valence-electron chi connectivity index (χ4n) is 2.52. The molecule has 29 heavy (non-hydrogen) atoms. The molecule has 0 unspecified atom stereocenters. The molecule has 0 aliphatic heterocycles. The van der Waals surface area contributed by atoms with Crippen LogP contribution in [0.5, 0.6) is 0 Å². The maximum atomic E-state index is 12.9. The summed E-state index contributed by atoms with van der Waals surface area (Å²) in [7, 11) is -8.02. The molecule has 0 bridgehead atoms. The summed E-state index contributed by atoms with van der Waals surface area (Å²) in [6.07, 6.45) is -4.75. The molecular formula is C17H18ClF3N2O4S2. The van der Waals surface area contributed by atoms with E-state index in [2.05, 4.69) is 0 Å². The second kappa shape index (κ2) is 8.50. The summed E-state index contributed by atoms with van der Waals surface area (Å²) in [6, 6.07) is 7.00. The van der Waals surface area contributed by atoms with Crippen molar-refractivity contribution >= 4 is 37.3 Å². The smallest absolute Gasteiger partial charge is 0.280 e. The molecule has 12 heteroatoms. The van der Waals surface area contributed by atoms with Gasteiger partial charge in [0.05, 0.1) is 20.4 Å². The highest BCUT2D eigenvalue weighted by Crippen LogP contribution is 2.36. The molecule has 0 aliphatic carbocycles. The number of anilines is 1. The Labute approximate surface area is 172 Å². The Morgan fingerprint density at radius 3 is 1.93 bits per heavy atom. The predicted octanol–water partition coefficient (Wildman–Crippen LogP) is 4.19. The van der Waals surface area contributed by atoms with Crippen molar-refractivity contribution in [2.75, 3.05) is 17.8 Å². The zero-order valence-corrected chi connectivity index (χ0v) is 17.8. The van der Waals surface area contributed by atoms with Crippen LogP contribution in [-0.4, -0.2) is 34.2 Å². The lowest BCUT2D eigenvalue weighted by atomic mass is 10.2. The highest BCUT2D eigenvalue weighted by Gasteiger charge is 2.33. The van der Waals surface area contributed by atoms with E-state index in [4.69, 9.17) is 11.6 Å². The Balaban J connectivity index is 2.34. The molecule has 0 aromatic heterocycles. The van der Waals surface area contributed by atoms with Crippen molar-refractivity contribution in [3.05, 3.63) is 53.1 Å². The van der Waals surface area contributed by atoms with Crippen molar-refractivity contribution < 1.29 is 30.0 Å². The van der Waals surface area contributed by atoms with Crippen LogP contribution in [0.4, 0.5) is 18.9 Å². The van der Waals surface area contributed by atoms with Gasteiger partial charge in [0.15, 0.2) is 0 Å². The molecule has 6 nitrogen and oxygen atoms in total. The van der Waals surface area contributed by atoms with Gasteiger partial charge in [-0.05, 0) is 42.5 Å². The Bertz CT molecular complexity index is 1080. The number of nitrogens with one attached hydrogen (secondary N) is 1. The Hall–Kier alpha value is -1.82. The van der Waals surface area contributed by atoms with Crippen molar-refractivity contribution in [3.63, 3.8) is 0 Å². The summed E-state index contributed by atoms with van der Waals surface area (Å²) >= 11 is 5.52. The minimum Gasteiger partial charge on any atom is -0.280 e. The number of rotatable bonds is 7. The van der Waals surface area contributed by atoms with Gasteiger partial charge in [0.2, 0.25) is 10.0 Å². The van der Waals surface area contributed by atoms with Crippen molar-refractivity contribution in [1.29, 1.82) is 0 Å². The van der Waals surface area contributed by atoms with Crippen LogP contribution in [0.15, 0.2) is 52.3 Å². The first-order valence-corrected chi connectivity index (χ1v) is 11.6. The number of halogens is 4. The van der Waals surface area contributed by atoms with Gasteiger partial charge in [0.25, 0.3) is 10.0 Å². The number of nitrogens with zero attached hydrogens (tertiary/aromatic N) is 1. The van der Waals surface area contributed by atoms with Gasteiger partial charge in [0.1, 0.15) is 0 Å². The number of hydrogen-bond donors (Lipinski definition) is 1. The van der Waals surface area contributed by atoms with Gasteiger partial charge >= 0.3 is 6.18 Å². The molecule has 2 aromatic rings. The first-order valence-electron chi connectivity index (χ1n) is 8.32. The van der Waals surface area contributed by atoms with Crippen LogP contribution in [0, 0.1) is 0 Å². The number of alkyl halides is 3. The van der Waals surface area contributed by atoms with E-state index in [0.29, 0.717) is 6.07 Å². The molecule has 0 radical (unpaired) electrons. The zero-order valence-electron chi connectivity index (χ0n) is 15.4.